The van der Waals surface area contributed by atoms with Gasteiger partial charge in [0.2, 0.25) is 5.91 Å². The number of fused-ring (bicyclic) bond motifs is 1. The van der Waals surface area contributed by atoms with Gasteiger partial charge >= 0.3 is 0 Å². The molecule has 0 aliphatic carbocycles. The monoisotopic (exact) mass is 395 g/mol. The second-order valence-corrected chi connectivity index (χ2v) is 7.23. The summed E-state index contributed by atoms with van der Waals surface area (Å²) in [6, 6.07) is 14.4. The highest BCUT2D eigenvalue weighted by molar-refractivity contribution is 5.77. The van der Waals surface area contributed by atoms with Crippen LogP contribution in [0.2, 0.25) is 0 Å². The molecule has 0 saturated carbocycles. The molecule has 2 aromatic carbocycles. The number of carbonyl (C=O) groups excluding carboxylic acids is 1. The van der Waals surface area contributed by atoms with Crippen molar-refractivity contribution in [3.05, 3.63) is 59.4 Å². The maximum Gasteiger partial charge on any atom is 0.245 e. The predicted octanol–water partition coefficient (Wildman–Crippen LogP) is 3.43. The minimum atomic E-state index is -0.0946. The second kappa shape index (κ2) is 10.1. The van der Waals surface area contributed by atoms with Crippen molar-refractivity contribution in [1.82, 2.24) is 14.9 Å². The van der Waals surface area contributed by atoms with Crippen molar-refractivity contribution in [1.29, 1.82) is 0 Å². The number of hydrogen-bond donors (Lipinski definition) is 1. The fraction of sp³-hybridized carbons (Fsp3) is 0.391. The first-order valence-electron chi connectivity index (χ1n) is 9.97. The van der Waals surface area contributed by atoms with Crippen molar-refractivity contribution in [2.45, 2.75) is 33.2 Å². The molecule has 1 heterocycles. The number of nitrogens with zero attached hydrogens (tertiary/aromatic N) is 2. The highest BCUT2D eigenvalue weighted by Crippen LogP contribution is 2.19. The number of carbonyl (C=O) groups is 1. The fourth-order valence-electron chi connectivity index (χ4n) is 3.49. The van der Waals surface area contributed by atoms with E-state index in [9.17, 15) is 4.79 Å². The van der Waals surface area contributed by atoms with Crippen molar-refractivity contribution in [3.8, 4) is 5.75 Å². The molecule has 0 aliphatic rings. The van der Waals surface area contributed by atoms with E-state index in [1.807, 2.05) is 18.2 Å². The van der Waals surface area contributed by atoms with Crippen LogP contribution in [0.25, 0.3) is 11.0 Å². The molecular weight excluding hydrogens is 366 g/mol. The van der Waals surface area contributed by atoms with Gasteiger partial charge in [0.15, 0.2) is 0 Å². The molecule has 0 saturated heterocycles. The first kappa shape index (κ1) is 20.9. The molecule has 1 amide bonds. The number of aromatic nitrogens is 2. The molecule has 0 fully saturated rings. The first-order valence-corrected chi connectivity index (χ1v) is 9.97. The van der Waals surface area contributed by atoms with E-state index in [2.05, 4.69) is 48.0 Å². The Balaban J connectivity index is 1.64. The lowest BCUT2D eigenvalue weighted by atomic mass is 10.1. The van der Waals surface area contributed by atoms with Crippen molar-refractivity contribution in [3.63, 3.8) is 0 Å². The van der Waals surface area contributed by atoms with E-state index in [4.69, 9.17) is 14.5 Å². The third-order valence-corrected chi connectivity index (χ3v) is 4.69. The maximum atomic E-state index is 11.5. The van der Waals surface area contributed by atoms with Crippen molar-refractivity contribution in [2.75, 3.05) is 26.9 Å². The molecule has 6 heteroatoms. The van der Waals surface area contributed by atoms with E-state index in [0.717, 1.165) is 42.0 Å². The molecule has 0 bridgehead atoms. The lowest BCUT2D eigenvalue weighted by Crippen LogP contribution is -2.28. The van der Waals surface area contributed by atoms with E-state index in [1.165, 1.54) is 18.2 Å². The SMILES string of the molecule is COCC(=O)NCCCc1nc2ccccc2n1CCOc1cc(C)cc(C)c1. The van der Waals surface area contributed by atoms with Gasteiger partial charge in [-0.15, -0.1) is 0 Å². The summed E-state index contributed by atoms with van der Waals surface area (Å²) < 4.78 is 13.1. The molecule has 3 rings (SSSR count). The first-order chi connectivity index (χ1) is 14.1. The van der Waals surface area contributed by atoms with Crippen LogP contribution in [0.15, 0.2) is 42.5 Å². The third-order valence-electron chi connectivity index (χ3n) is 4.69. The van der Waals surface area contributed by atoms with E-state index < -0.39 is 0 Å². The Kier molecular flexibility index (Phi) is 7.25. The number of aryl methyl sites for hydroxylation is 3. The van der Waals surface area contributed by atoms with Crippen LogP contribution in [0.1, 0.15) is 23.4 Å². The minimum absolute atomic E-state index is 0.0916. The average Bonchev–Trinajstić information content (AvgIpc) is 3.02. The zero-order valence-corrected chi connectivity index (χ0v) is 17.4. The van der Waals surface area contributed by atoms with Crippen molar-refractivity contribution in [2.24, 2.45) is 0 Å². The summed E-state index contributed by atoms with van der Waals surface area (Å²) in [5.74, 6) is 1.81. The Bertz CT molecular complexity index is 945. The van der Waals surface area contributed by atoms with Crippen LogP contribution in [0.5, 0.6) is 5.75 Å². The van der Waals surface area contributed by atoms with Gasteiger partial charge < -0.3 is 19.4 Å². The van der Waals surface area contributed by atoms with Crippen LogP contribution in [0.3, 0.4) is 0 Å². The lowest BCUT2D eigenvalue weighted by molar-refractivity contribution is -0.124. The average molecular weight is 396 g/mol. The Morgan fingerprint density at radius 3 is 2.66 bits per heavy atom. The molecule has 6 nitrogen and oxygen atoms in total. The summed E-state index contributed by atoms with van der Waals surface area (Å²) >= 11 is 0. The molecule has 29 heavy (non-hydrogen) atoms. The molecule has 0 unspecified atom stereocenters. The van der Waals surface area contributed by atoms with Crippen molar-refractivity contribution >= 4 is 16.9 Å². The molecule has 1 N–H and O–H groups in total. The van der Waals surface area contributed by atoms with Gasteiger partial charge in [-0.05, 0) is 55.7 Å². The van der Waals surface area contributed by atoms with Gasteiger partial charge in [-0.25, -0.2) is 4.98 Å². The lowest BCUT2D eigenvalue weighted by Gasteiger charge is -2.12. The molecule has 0 radical (unpaired) electrons. The quantitative estimate of drug-likeness (QED) is 0.534. The number of hydrogen-bond acceptors (Lipinski definition) is 4. The predicted molar refractivity (Wildman–Crippen MR) is 114 cm³/mol. The molecular formula is C23H29N3O3. The van der Waals surface area contributed by atoms with Crippen LogP contribution in [0.4, 0.5) is 0 Å². The van der Waals surface area contributed by atoms with E-state index in [0.29, 0.717) is 13.2 Å². The van der Waals surface area contributed by atoms with Crippen molar-refractivity contribution < 1.29 is 14.3 Å². The summed E-state index contributed by atoms with van der Waals surface area (Å²) in [7, 11) is 1.52. The van der Waals surface area contributed by atoms with Crippen LogP contribution in [0, 0.1) is 13.8 Å². The number of methoxy groups -OCH3 is 1. The van der Waals surface area contributed by atoms with Gasteiger partial charge in [-0.2, -0.15) is 0 Å². The number of benzene rings is 2. The molecule has 0 spiro atoms. The van der Waals surface area contributed by atoms with Crippen LogP contribution >= 0.6 is 0 Å². The highest BCUT2D eigenvalue weighted by Gasteiger charge is 2.11. The van der Waals surface area contributed by atoms with Gasteiger partial charge in [0.1, 0.15) is 24.8 Å². The number of amides is 1. The Morgan fingerprint density at radius 1 is 1.14 bits per heavy atom. The standard InChI is InChI=1S/C23H29N3O3/c1-17-13-18(2)15-19(14-17)29-12-11-26-21-8-5-4-7-20(21)25-22(26)9-6-10-24-23(27)16-28-3/h4-5,7-8,13-15H,6,9-12,16H2,1-3H3,(H,24,27). The Labute approximate surface area is 171 Å². The number of imidazole rings is 1. The minimum Gasteiger partial charge on any atom is -0.492 e. The fourth-order valence-corrected chi connectivity index (χ4v) is 3.49. The topological polar surface area (TPSA) is 65.4 Å². The summed E-state index contributed by atoms with van der Waals surface area (Å²) in [4.78, 5) is 16.3. The smallest absolute Gasteiger partial charge is 0.245 e. The Morgan fingerprint density at radius 2 is 1.90 bits per heavy atom. The highest BCUT2D eigenvalue weighted by atomic mass is 16.5. The maximum absolute atomic E-state index is 11.5. The number of ether oxygens (including phenoxy) is 2. The summed E-state index contributed by atoms with van der Waals surface area (Å²) in [5.41, 5.74) is 4.49. The molecule has 0 aliphatic heterocycles. The van der Waals surface area contributed by atoms with Gasteiger partial charge in [0, 0.05) is 20.1 Å². The van der Waals surface area contributed by atoms with E-state index >= 15 is 0 Å². The van der Waals surface area contributed by atoms with Crippen LogP contribution < -0.4 is 10.1 Å². The number of nitrogens with one attached hydrogen (secondary N) is 1. The zero-order chi connectivity index (χ0) is 20.6. The Hall–Kier alpha value is -2.86. The molecule has 3 aromatic rings. The second-order valence-electron chi connectivity index (χ2n) is 7.23. The van der Waals surface area contributed by atoms with E-state index in [-0.39, 0.29) is 12.5 Å². The van der Waals surface area contributed by atoms with Gasteiger partial charge in [-0.3, -0.25) is 4.79 Å². The molecule has 154 valence electrons. The van der Waals surface area contributed by atoms with Gasteiger partial charge in [0.05, 0.1) is 17.6 Å². The van der Waals surface area contributed by atoms with Gasteiger partial charge in [0.25, 0.3) is 0 Å². The van der Waals surface area contributed by atoms with Crippen LogP contribution in [-0.2, 0) is 22.5 Å². The van der Waals surface area contributed by atoms with Gasteiger partial charge in [-0.1, -0.05) is 18.2 Å². The zero-order valence-electron chi connectivity index (χ0n) is 17.4. The summed E-state index contributed by atoms with van der Waals surface area (Å²) in [6.45, 7) is 6.14. The third kappa shape index (κ3) is 5.81. The number of para-hydroxylation sites is 2. The van der Waals surface area contributed by atoms with Crippen LogP contribution in [-0.4, -0.2) is 42.3 Å². The summed E-state index contributed by atoms with van der Waals surface area (Å²) in [5, 5.41) is 2.86. The molecule has 0 atom stereocenters. The molecule has 1 aromatic heterocycles. The summed E-state index contributed by atoms with van der Waals surface area (Å²) in [6.07, 6.45) is 1.60. The number of rotatable bonds is 10. The largest absolute Gasteiger partial charge is 0.492 e. The van der Waals surface area contributed by atoms with E-state index in [1.54, 1.807) is 0 Å². The normalized spacial score (nSPS) is 11.0.